The van der Waals surface area contributed by atoms with E-state index in [1.54, 1.807) is 4.90 Å². The molecule has 0 bridgehead atoms. The van der Waals surface area contributed by atoms with Crippen molar-refractivity contribution in [2.45, 2.75) is 45.3 Å². The molecule has 5 heteroatoms. The number of hydrogen-bond donors (Lipinski definition) is 1. The standard InChI is InChI=1S/C17H23N3O2/c1-12-5-3-6-14(9-12)10-18-17(22)20-11-15-7-4-8-19(15)16(21)13(20)2/h3,5-6,9,13,15H,4,7-8,10-11H2,1-2H3,(H,18,22)/t13-,15-/m0/s1. The normalized spacial score (nSPS) is 24.4. The van der Waals surface area contributed by atoms with Crippen LogP contribution in [0.1, 0.15) is 30.9 Å². The lowest BCUT2D eigenvalue weighted by Gasteiger charge is -2.41. The topological polar surface area (TPSA) is 52.7 Å². The van der Waals surface area contributed by atoms with Crippen LogP contribution in [0.15, 0.2) is 24.3 Å². The summed E-state index contributed by atoms with van der Waals surface area (Å²) in [6, 6.07) is 7.76. The molecular weight excluding hydrogens is 278 g/mol. The van der Waals surface area contributed by atoms with Gasteiger partial charge in [-0.3, -0.25) is 4.79 Å². The molecule has 0 radical (unpaired) electrons. The Labute approximate surface area is 131 Å². The summed E-state index contributed by atoms with van der Waals surface area (Å²) in [6.45, 7) is 5.83. The van der Waals surface area contributed by atoms with Gasteiger partial charge in [-0.05, 0) is 32.3 Å². The van der Waals surface area contributed by atoms with Crippen LogP contribution >= 0.6 is 0 Å². The molecule has 22 heavy (non-hydrogen) atoms. The molecule has 1 aromatic rings. The Morgan fingerprint density at radius 1 is 1.41 bits per heavy atom. The first kappa shape index (κ1) is 14.9. The van der Waals surface area contributed by atoms with Crippen LogP contribution in [0.2, 0.25) is 0 Å². The molecular formula is C17H23N3O2. The first-order valence-corrected chi connectivity index (χ1v) is 7.97. The van der Waals surface area contributed by atoms with Crippen LogP contribution < -0.4 is 5.32 Å². The van der Waals surface area contributed by atoms with Gasteiger partial charge in [0.15, 0.2) is 0 Å². The van der Waals surface area contributed by atoms with E-state index < -0.39 is 0 Å². The molecule has 3 amide bonds. The number of fused-ring (bicyclic) bond motifs is 1. The van der Waals surface area contributed by atoms with Crippen LogP contribution in [-0.4, -0.2) is 46.9 Å². The highest BCUT2D eigenvalue weighted by Gasteiger charge is 2.41. The Bertz CT molecular complexity index is 587. The van der Waals surface area contributed by atoms with Crippen molar-refractivity contribution in [3.8, 4) is 0 Å². The zero-order valence-electron chi connectivity index (χ0n) is 13.2. The average molecular weight is 301 g/mol. The molecule has 3 rings (SSSR count). The molecule has 1 N–H and O–H groups in total. The number of nitrogens with one attached hydrogen (secondary N) is 1. The fourth-order valence-electron chi connectivity index (χ4n) is 3.43. The van der Waals surface area contributed by atoms with E-state index >= 15 is 0 Å². The van der Waals surface area contributed by atoms with Crippen LogP contribution in [0.5, 0.6) is 0 Å². The third kappa shape index (κ3) is 2.80. The first-order chi connectivity index (χ1) is 10.6. The Morgan fingerprint density at radius 3 is 3.00 bits per heavy atom. The second-order valence-corrected chi connectivity index (χ2v) is 6.30. The van der Waals surface area contributed by atoms with Crippen molar-refractivity contribution in [2.24, 2.45) is 0 Å². The Balaban J connectivity index is 1.63. The number of urea groups is 1. The summed E-state index contributed by atoms with van der Waals surface area (Å²) in [4.78, 5) is 28.4. The molecule has 2 heterocycles. The van der Waals surface area contributed by atoms with Crippen molar-refractivity contribution in [2.75, 3.05) is 13.1 Å². The molecule has 2 atom stereocenters. The maximum atomic E-state index is 12.4. The number of carbonyl (C=O) groups is 2. The summed E-state index contributed by atoms with van der Waals surface area (Å²) in [5.41, 5.74) is 2.25. The van der Waals surface area contributed by atoms with Crippen molar-refractivity contribution >= 4 is 11.9 Å². The fraction of sp³-hybridized carbons (Fsp3) is 0.529. The van der Waals surface area contributed by atoms with E-state index in [2.05, 4.69) is 11.4 Å². The van der Waals surface area contributed by atoms with Gasteiger partial charge in [-0.15, -0.1) is 0 Å². The third-order valence-corrected chi connectivity index (χ3v) is 4.68. The molecule has 118 valence electrons. The lowest BCUT2D eigenvalue weighted by atomic mass is 10.1. The zero-order chi connectivity index (χ0) is 15.7. The van der Waals surface area contributed by atoms with Crippen LogP contribution in [0.4, 0.5) is 4.79 Å². The first-order valence-electron chi connectivity index (χ1n) is 7.97. The van der Waals surface area contributed by atoms with Crippen molar-refractivity contribution < 1.29 is 9.59 Å². The van der Waals surface area contributed by atoms with Crippen molar-refractivity contribution in [1.29, 1.82) is 0 Å². The average Bonchev–Trinajstić information content (AvgIpc) is 2.97. The van der Waals surface area contributed by atoms with Crippen molar-refractivity contribution in [1.82, 2.24) is 15.1 Å². The summed E-state index contributed by atoms with van der Waals surface area (Å²) >= 11 is 0. The van der Waals surface area contributed by atoms with Gasteiger partial charge in [0.2, 0.25) is 5.91 Å². The quantitative estimate of drug-likeness (QED) is 0.907. The summed E-state index contributed by atoms with van der Waals surface area (Å²) in [5, 5.41) is 2.94. The lowest BCUT2D eigenvalue weighted by molar-refractivity contribution is -0.140. The molecule has 0 aliphatic carbocycles. The Hall–Kier alpha value is -2.04. The number of piperazine rings is 1. The highest BCUT2D eigenvalue weighted by Crippen LogP contribution is 2.25. The summed E-state index contributed by atoms with van der Waals surface area (Å²) in [7, 11) is 0. The number of amides is 3. The van der Waals surface area contributed by atoms with Gasteiger partial charge in [-0.1, -0.05) is 29.8 Å². The molecule has 0 spiro atoms. The van der Waals surface area contributed by atoms with E-state index in [4.69, 9.17) is 0 Å². The van der Waals surface area contributed by atoms with Gasteiger partial charge in [-0.2, -0.15) is 0 Å². The Kier molecular flexibility index (Phi) is 4.05. The molecule has 0 aromatic heterocycles. The number of rotatable bonds is 2. The van der Waals surface area contributed by atoms with Crippen molar-refractivity contribution in [3.05, 3.63) is 35.4 Å². The minimum Gasteiger partial charge on any atom is -0.336 e. The SMILES string of the molecule is Cc1cccc(CNC(=O)N2C[C@@H]3CCCN3C(=O)[C@@H]2C)c1. The number of benzene rings is 1. The third-order valence-electron chi connectivity index (χ3n) is 4.68. The minimum atomic E-state index is -0.369. The molecule has 2 aliphatic heterocycles. The predicted octanol–water partition coefficient (Wildman–Crippen LogP) is 1.90. The summed E-state index contributed by atoms with van der Waals surface area (Å²) < 4.78 is 0. The maximum Gasteiger partial charge on any atom is 0.318 e. The molecule has 0 unspecified atom stereocenters. The number of aryl methyl sites for hydroxylation is 1. The number of nitrogens with zero attached hydrogens (tertiary/aromatic N) is 2. The highest BCUT2D eigenvalue weighted by atomic mass is 16.2. The predicted molar refractivity (Wildman–Crippen MR) is 84.3 cm³/mol. The summed E-state index contributed by atoms with van der Waals surface area (Å²) in [5.74, 6) is 0.0828. The largest absolute Gasteiger partial charge is 0.336 e. The molecule has 2 saturated heterocycles. The van der Waals surface area contributed by atoms with Gasteiger partial charge < -0.3 is 15.1 Å². The maximum absolute atomic E-state index is 12.4. The molecule has 0 saturated carbocycles. The number of carbonyl (C=O) groups excluding carboxylic acids is 2. The van der Waals surface area contributed by atoms with E-state index in [0.717, 1.165) is 24.9 Å². The van der Waals surface area contributed by atoms with Gasteiger partial charge in [0.25, 0.3) is 0 Å². The monoisotopic (exact) mass is 301 g/mol. The molecule has 1 aromatic carbocycles. The van der Waals surface area contributed by atoms with E-state index in [0.29, 0.717) is 13.1 Å². The smallest absolute Gasteiger partial charge is 0.318 e. The fourth-order valence-corrected chi connectivity index (χ4v) is 3.43. The lowest BCUT2D eigenvalue weighted by Crippen LogP contribution is -2.61. The van der Waals surface area contributed by atoms with Crippen LogP contribution in [-0.2, 0) is 11.3 Å². The van der Waals surface area contributed by atoms with Crippen LogP contribution in [0.25, 0.3) is 0 Å². The number of hydrogen-bond acceptors (Lipinski definition) is 2. The Morgan fingerprint density at radius 2 is 2.23 bits per heavy atom. The molecule has 5 nitrogen and oxygen atoms in total. The second kappa shape index (κ2) is 5.99. The molecule has 2 fully saturated rings. The van der Waals surface area contributed by atoms with Crippen LogP contribution in [0, 0.1) is 6.92 Å². The minimum absolute atomic E-state index is 0.0828. The van der Waals surface area contributed by atoms with Gasteiger partial charge >= 0.3 is 6.03 Å². The van der Waals surface area contributed by atoms with Crippen LogP contribution in [0.3, 0.4) is 0 Å². The van der Waals surface area contributed by atoms with Gasteiger partial charge in [0.1, 0.15) is 6.04 Å². The van der Waals surface area contributed by atoms with Gasteiger partial charge in [0, 0.05) is 25.7 Å². The zero-order valence-corrected chi connectivity index (χ0v) is 13.2. The van der Waals surface area contributed by atoms with Gasteiger partial charge in [0.05, 0.1) is 0 Å². The van der Waals surface area contributed by atoms with E-state index in [1.165, 1.54) is 5.56 Å². The highest BCUT2D eigenvalue weighted by molar-refractivity contribution is 5.88. The van der Waals surface area contributed by atoms with E-state index in [9.17, 15) is 9.59 Å². The summed E-state index contributed by atoms with van der Waals surface area (Å²) in [6.07, 6.45) is 2.04. The van der Waals surface area contributed by atoms with Gasteiger partial charge in [-0.25, -0.2) is 4.79 Å². The van der Waals surface area contributed by atoms with E-state index in [1.807, 2.05) is 36.9 Å². The second-order valence-electron chi connectivity index (χ2n) is 6.30. The van der Waals surface area contributed by atoms with Crippen molar-refractivity contribution in [3.63, 3.8) is 0 Å². The van der Waals surface area contributed by atoms with E-state index in [-0.39, 0.29) is 24.0 Å². The molecule has 2 aliphatic rings.